The molecule has 0 aromatic heterocycles. The Morgan fingerprint density at radius 3 is 2.50 bits per heavy atom. The van der Waals surface area contributed by atoms with Crippen molar-refractivity contribution in [3.63, 3.8) is 0 Å². The molecule has 0 atom stereocenters. The minimum atomic E-state index is -0.620. The van der Waals surface area contributed by atoms with Crippen LogP contribution in [0.15, 0.2) is 18.2 Å². The van der Waals surface area contributed by atoms with Gasteiger partial charge in [0.25, 0.3) is 5.69 Å². The van der Waals surface area contributed by atoms with Gasteiger partial charge < -0.3 is 9.80 Å². The van der Waals surface area contributed by atoms with Gasteiger partial charge >= 0.3 is 0 Å². The second-order valence-corrected chi connectivity index (χ2v) is 5.44. The van der Waals surface area contributed by atoms with Crippen molar-refractivity contribution >= 4 is 17.3 Å². The lowest BCUT2D eigenvalue weighted by molar-refractivity contribution is -0.384. The van der Waals surface area contributed by atoms with Gasteiger partial charge in [-0.2, -0.15) is 0 Å². The zero-order valence-electron chi connectivity index (χ0n) is 12.7. The van der Waals surface area contributed by atoms with Gasteiger partial charge in [0, 0.05) is 40.3 Å². The maximum atomic E-state index is 13.2. The Morgan fingerprint density at radius 2 is 1.95 bits per heavy atom. The zero-order chi connectivity index (χ0) is 16.3. The topological polar surface area (TPSA) is 69.9 Å². The highest BCUT2D eigenvalue weighted by Crippen LogP contribution is 2.29. The first-order chi connectivity index (χ1) is 10.4. The molecule has 2 rings (SSSR count). The van der Waals surface area contributed by atoms with Gasteiger partial charge in [0.15, 0.2) is 0 Å². The molecule has 0 aliphatic carbocycles. The molecule has 0 saturated carbocycles. The van der Waals surface area contributed by atoms with Gasteiger partial charge in [-0.3, -0.25) is 19.8 Å². The largest absolute Gasteiger partial charge is 0.363 e. The molecule has 120 valence electrons. The minimum absolute atomic E-state index is 0.0289. The molecule has 1 amide bonds. The van der Waals surface area contributed by atoms with Crippen molar-refractivity contribution in [2.75, 3.05) is 51.7 Å². The third-order valence-electron chi connectivity index (χ3n) is 3.70. The molecule has 0 radical (unpaired) electrons. The molecule has 1 aliphatic rings. The fraction of sp³-hybridized carbons (Fsp3) is 0.500. The van der Waals surface area contributed by atoms with Crippen molar-refractivity contribution < 1.29 is 14.1 Å². The van der Waals surface area contributed by atoms with Crippen molar-refractivity contribution in [3.8, 4) is 0 Å². The molecule has 1 heterocycles. The monoisotopic (exact) mass is 310 g/mol. The van der Waals surface area contributed by atoms with Crippen LogP contribution in [0.2, 0.25) is 0 Å². The first-order valence-corrected chi connectivity index (χ1v) is 7.00. The van der Waals surface area contributed by atoms with Crippen molar-refractivity contribution in [1.29, 1.82) is 0 Å². The molecular weight excluding hydrogens is 291 g/mol. The van der Waals surface area contributed by atoms with E-state index in [0.29, 0.717) is 38.4 Å². The van der Waals surface area contributed by atoms with Crippen LogP contribution in [0.4, 0.5) is 15.8 Å². The number of nitro benzene ring substituents is 1. The summed E-state index contributed by atoms with van der Waals surface area (Å²) in [5.74, 6) is -0.591. The van der Waals surface area contributed by atoms with Crippen LogP contribution in [0, 0.1) is 15.9 Å². The number of anilines is 1. The summed E-state index contributed by atoms with van der Waals surface area (Å²) in [7, 11) is 3.42. The number of hydrogen-bond donors (Lipinski definition) is 0. The maximum absolute atomic E-state index is 13.2. The molecule has 22 heavy (non-hydrogen) atoms. The maximum Gasteiger partial charge on any atom is 0.295 e. The first-order valence-electron chi connectivity index (χ1n) is 7.00. The summed E-state index contributed by atoms with van der Waals surface area (Å²) >= 11 is 0. The minimum Gasteiger partial charge on any atom is -0.363 e. The molecule has 0 unspecified atom stereocenters. The van der Waals surface area contributed by atoms with E-state index in [1.807, 2.05) is 9.80 Å². The van der Waals surface area contributed by atoms with Gasteiger partial charge in [-0.25, -0.2) is 4.39 Å². The molecule has 8 heteroatoms. The van der Waals surface area contributed by atoms with Crippen molar-refractivity contribution in [3.05, 3.63) is 34.1 Å². The summed E-state index contributed by atoms with van der Waals surface area (Å²) in [5.41, 5.74) is 0.197. The van der Waals surface area contributed by atoms with Crippen LogP contribution in [0.3, 0.4) is 0 Å². The Bertz CT molecular complexity index is 571. The van der Waals surface area contributed by atoms with E-state index in [2.05, 4.69) is 0 Å². The highest BCUT2D eigenvalue weighted by Gasteiger charge is 2.25. The van der Waals surface area contributed by atoms with Crippen LogP contribution in [0.5, 0.6) is 0 Å². The summed E-state index contributed by atoms with van der Waals surface area (Å²) in [6.07, 6.45) is 0. The van der Waals surface area contributed by atoms with Gasteiger partial charge in [-0.15, -0.1) is 0 Å². The number of amides is 1. The van der Waals surface area contributed by atoms with E-state index >= 15 is 0 Å². The SMILES string of the molecule is CN(C)C(=O)CN1CCN(c2ccc(F)cc2[N+](=O)[O-])CC1. The fourth-order valence-corrected chi connectivity index (χ4v) is 2.39. The van der Waals surface area contributed by atoms with E-state index in [1.165, 1.54) is 17.0 Å². The third-order valence-corrected chi connectivity index (χ3v) is 3.70. The summed E-state index contributed by atoms with van der Waals surface area (Å²) in [6, 6.07) is 3.61. The number of carbonyl (C=O) groups is 1. The lowest BCUT2D eigenvalue weighted by Crippen LogP contribution is -2.49. The molecular formula is C14H19FN4O3. The van der Waals surface area contributed by atoms with Gasteiger partial charge in [0.2, 0.25) is 5.91 Å². The van der Waals surface area contributed by atoms with E-state index in [-0.39, 0.29) is 11.6 Å². The third kappa shape index (κ3) is 3.70. The number of likely N-dealkylation sites (N-methyl/N-ethyl adjacent to an activating group) is 1. The van der Waals surface area contributed by atoms with Crippen molar-refractivity contribution in [2.24, 2.45) is 0 Å². The predicted molar refractivity (Wildman–Crippen MR) is 80.4 cm³/mol. The molecule has 1 saturated heterocycles. The van der Waals surface area contributed by atoms with E-state index in [1.54, 1.807) is 14.1 Å². The van der Waals surface area contributed by atoms with E-state index in [9.17, 15) is 19.3 Å². The van der Waals surface area contributed by atoms with E-state index in [0.717, 1.165) is 6.07 Å². The number of hydrogen-bond acceptors (Lipinski definition) is 5. The summed E-state index contributed by atoms with van der Waals surface area (Å²) in [4.78, 5) is 27.6. The standard InChI is InChI=1S/C14H19FN4O3/c1-16(2)14(20)10-17-5-7-18(8-6-17)12-4-3-11(15)9-13(12)19(21)22/h3-4,9H,5-8,10H2,1-2H3. The second-order valence-electron chi connectivity index (χ2n) is 5.44. The fourth-order valence-electron chi connectivity index (χ4n) is 2.39. The van der Waals surface area contributed by atoms with Crippen LogP contribution in [-0.4, -0.2) is 67.4 Å². The number of nitrogens with zero attached hydrogens (tertiary/aromatic N) is 4. The number of piperazine rings is 1. The Hall–Kier alpha value is -2.22. The van der Waals surface area contributed by atoms with Crippen LogP contribution in [0.25, 0.3) is 0 Å². The van der Waals surface area contributed by atoms with Crippen LogP contribution in [0.1, 0.15) is 0 Å². The van der Waals surface area contributed by atoms with Crippen LogP contribution in [-0.2, 0) is 4.79 Å². The average Bonchev–Trinajstić information content (AvgIpc) is 2.48. The second kappa shape index (κ2) is 6.69. The number of nitro groups is 1. The summed E-state index contributed by atoms with van der Waals surface area (Å²) in [6.45, 7) is 2.73. The van der Waals surface area contributed by atoms with E-state index in [4.69, 9.17) is 0 Å². The smallest absolute Gasteiger partial charge is 0.295 e. The highest BCUT2D eigenvalue weighted by molar-refractivity contribution is 5.77. The lowest BCUT2D eigenvalue weighted by atomic mass is 10.2. The predicted octanol–water partition coefficient (Wildman–Crippen LogP) is 0.944. The normalized spacial score (nSPS) is 15.7. The number of carbonyl (C=O) groups excluding carboxylic acids is 1. The van der Waals surface area contributed by atoms with Crippen LogP contribution < -0.4 is 4.90 Å². The van der Waals surface area contributed by atoms with Crippen molar-refractivity contribution in [1.82, 2.24) is 9.80 Å². The molecule has 7 nitrogen and oxygen atoms in total. The molecule has 0 spiro atoms. The molecule has 1 aliphatic heterocycles. The van der Waals surface area contributed by atoms with E-state index < -0.39 is 10.7 Å². The molecule has 0 N–H and O–H groups in total. The Kier molecular flexibility index (Phi) is 4.92. The summed E-state index contributed by atoms with van der Waals surface area (Å²) in [5, 5.41) is 11.1. The average molecular weight is 310 g/mol. The first kappa shape index (κ1) is 16.2. The quantitative estimate of drug-likeness (QED) is 0.611. The molecule has 0 bridgehead atoms. The summed E-state index contributed by atoms with van der Waals surface area (Å²) < 4.78 is 13.2. The Morgan fingerprint density at radius 1 is 1.32 bits per heavy atom. The zero-order valence-corrected chi connectivity index (χ0v) is 12.7. The van der Waals surface area contributed by atoms with Crippen molar-refractivity contribution in [2.45, 2.75) is 0 Å². The molecule has 1 aromatic rings. The van der Waals surface area contributed by atoms with Gasteiger partial charge in [0.05, 0.1) is 17.5 Å². The number of benzene rings is 1. The molecule has 1 fully saturated rings. The van der Waals surface area contributed by atoms with Gasteiger partial charge in [-0.05, 0) is 12.1 Å². The lowest BCUT2D eigenvalue weighted by Gasteiger charge is -2.35. The molecule has 1 aromatic carbocycles. The highest BCUT2D eigenvalue weighted by atomic mass is 19.1. The van der Waals surface area contributed by atoms with Gasteiger partial charge in [-0.1, -0.05) is 0 Å². The Balaban J connectivity index is 2.03. The van der Waals surface area contributed by atoms with Gasteiger partial charge in [0.1, 0.15) is 11.5 Å². The Labute approximate surface area is 128 Å². The number of rotatable bonds is 4. The number of halogens is 1. The van der Waals surface area contributed by atoms with Crippen LogP contribution >= 0.6 is 0 Å².